The Morgan fingerprint density at radius 2 is 2.24 bits per heavy atom. The Bertz CT molecular complexity index is 800. The highest BCUT2D eigenvalue weighted by atomic mass is 35.5. The number of rotatable bonds is 6. The van der Waals surface area contributed by atoms with Gasteiger partial charge in [0.2, 0.25) is 5.91 Å². The summed E-state index contributed by atoms with van der Waals surface area (Å²) in [6, 6.07) is 10.4. The second-order valence-corrected chi connectivity index (χ2v) is 6.42. The number of halogens is 1. The van der Waals surface area contributed by atoms with Crippen LogP contribution in [0.4, 0.5) is 0 Å². The van der Waals surface area contributed by atoms with Crippen molar-refractivity contribution in [1.29, 1.82) is 0 Å². The minimum atomic E-state index is -0.238. The molecule has 6 nitrogen and oxygen atoms in total. The van der Waals surface area contributed by atoms with Gasteiger partial charge in [0.1, 0.15) is 0 Å². The maximum atomic E-state index is 12.0. The van der Waals surface area contributed by atoms with Crippen LogP contribution in [0.1, 0.15) is 19.3 Å². The predicted molar refractivity (Wildman–Crippen MR) is 95.5 cm³/mol. The van der Waals surface area contributed by atoms with Gasteiger partial charge in [-0.25, -0.2) is 4.68 Å². The summed E-state index contributed by atoms with van der Waals surface area (Å²) in [6.45, 7) is 1.50. The number of hydrogen-bond acceptors (Lipinski definition) is 4. The van der Waals surface area contributed by atoms with Crippen LogP contribution in [-0.2, 0) is 16.1 Å². The molecular formula is C18H20ClN3O3. The molecule has 1 aliphatic heterocycles. The van der Waals surface area contributed by atoms with Gasteiger partial charge in [0, 0.05) is 36.2 Å². The Morgan fingerprint density at radius 1 is 1.36 bits per heavy atom. The molecule has 0 radical (unpaired) electrons. The van der Waals surface area contributed by atoms with E-state index in [1.165, 1.54) is 10.7 Å². The zero-order valence-electron chi connectivity index (χ0n) is 13.8. The number of carbonyl (C=O) groups is 1. The maximum absolute atomic E-state index is 12.0. The largest absolute Gasteiger partial charge is 0.376 e. The van der Waals surface area contributed by atoms with Crippen LogP contribution in [0.5, 0.6) is 0 Å². The highest BCUT2D eigenvalue weighted by Crippen LogP contribution is 2.19. The summed E-state index contributed by atoms with van der Waals surface area (Å²) in [5.41, 5.74) is 1.23. The van der Waals surface area contributed by atoms with Crippen molar-refractivity contribution >= 4 is 17.5 Å². The van der Waals surface area contributed by atoms with E-state index in [1.807, 2.05) is 12.1 Å². The van der Waals surface area contributed by atoms with Crippen molar-refractivity contribution < 1.29 is 9.53 Å². The third-order valence-electron chi connectivity index (χ3n) is 4.09. The van der Waals surface area contributed by atoms with Crippen molar-refractivity contribution in [2.45, 2.75) is 31.9 Å². The first-order chi connectivity index (χ1) is 12.1. The molecule has 25 heavy (non-hydrogen) atoms. The smallest absolute Gasteiger partial charge is 0.266 e. The average Bonchev–Trinajstić information content (AvgIpc) is 3.13. The first-order valence-corrected chi connectivity index (χ1v) is 8.72. The van der Waals surface area contributed by atoms with Gasteiger partial charge in [-0.2, -0.15) is 5.10 Å². The van der Waals surface area contributed by atoms with E-state index in [9.17, 15) is 9.59 Å². The molecule has 0 bridgehead atoms. The number of nitrogens with one attached hydrogen (secondary N) is 1. The van der Waals surface area contributed by atoms with Crippen molar-refractivity contribution in [1.82, 2.24) is 15.1 Å². The van der Waals surface area contributed by atoms with Gasteiger partial charge < -0.3 is 10.1 Å². The Labute approximate surface area is 150 Å². The molecule has 1 fully saturated rings. The van der Waals surface area contributed by atoms with Crippen molar-refractivity contribution in [2.24, 2.45) is 0 Å². The number of nitrogens with zero attached hydrogens (tertiary/aromatic N) is 2. The summed E-state index contributed by atoms with van der Waals surface area (Å²) in [5, 5.41) is 7.78. The Balaban J connectivity index is 1.61. The summed E-state index contributed by atoms with van der Waals surface area (Å²) >= 11 is 6.00. The number of carbonyl (C=O) groups excluding carboxylic acids is 1. The minimum absolute atomic E-state index is 0.107. The van der Waals surface area contributed by atoms with Gasteiger partial charge in [0.05, 0.1) is 18.3 Å². The fourth-order valence-electron chi connectivity index (χ4n) is 2.74. The van der Waals surface area contributed by atoms with E-state index in [1.54, 1.807) is 18.2 Å². The number of benzene rings is 1. The minimum Gasteiger partial charge on any atom is -0.376 e. The maximum Gasteiger partial charge on any atom is 0.266 e. The molecule has 0 unspecified atom stereocenters. The van der Waals surface area contributed by atoms with Crippen LogP contribution >= 0.6 is 11.6 Å². The van der Waals surface area contributed by atoms with Crippen LogP contribution in [0.15, 0.2) is 41.2 Å². The monoisotopic (exact) mass is 361 g/mol. The van der Waals surface area contributed by atoms with Crippen LogP contribution in [0, 0.1) is 0 Å². The molecule has 0 aliphatic carbocycles. The number of ether oxygens (including phenoxy) is 1. The summed E-state index contributed by atoms with van der Waals surface area (Å²) < 4.78 is 6.77. The molecule has 1 amide bonds. The quantitative estimate of drug-likeness (QED) is 0.856. The number of amides is 1. The second-order valence-electron chi connectivity index (χ2n) is 5.98. The van der Waals surface area contributed by atoms with E-state index < -0.39 is 0 Å². The van der Waals surface area contributed by atoms with Gasteiger partial charge in [-0.15, -0.1) is 0 Å². The molecule has 1 atom stereocenters. The normalized spacial score (nSPS) is 16.8. The zero-order valence-corrected chi connectivity index (χ0v) is 14.5. The Kier molecular flexibility index (Phi) is 5.83. The standard InChI is InChI=1S/C18H20ClN3O3/c19-14-4-1-3-13(11-14)16-6-7-18(24)22(21-16)9-8-17(23)20-12-15-5-2-10-25-15/h1,3-4,6-7,11,15H,2,5,8-10,12H2,(H,20,23)/t15-/m1/s1. The number of aromatic nitrogens is 2. The summed E-state index contributed by atoms with van der Waals surface area (Å²) in [4.78, 5) is 23.9. The van der Waals surface area contributed by atoms with Gasteiger partial charge in [0.15, 0.2) is 0 Å². The molecule has 1 aliphatic rings. The van der Waals surface area contributed by atoms with Crippen LogP contribution in [0.2, 0.25) is 5.02 Å². The third-order valence-corrected chi connectivity index (χ3v) is 4.32. The van der Waals surface area contributed by atoms with Crippen molar-refractivity contribution in [3.63, 3.8) is 0 Å². The van der Waals surface area contributed by atoms with E-state index >= 15 is 0 Å². The molecule has 1 aromatic carbocycles. The molecule has 1 aromatic heterocycles. The zero-order chi connectivity index (χ0) is 17.6. The Morgan fingerprint density at radius 3 is 3.00 bits per heavy atom. The highest BCUT2D eigenvalue weighted by molar-refractivity contribution is 6.30. The van der Waals surface area contributed by atoms with E-state index in [-0.39, 0.29) is 30.5 Å². The van der Waals surface area contributed by atoms with Crippen molar-refractivity contribution in [3.05, 3.63) is 51.8 Å². The lowest BCUT2D eigenvalue weighted by Gasteiger charge is -2.11. The molecule has 0 spiro atoms. The van der Waals surface area contributed by atoms with Gasteiger partial charge in [-0.3, -0.25) is 9.59 Å². The number of aryl methyl sites for hydroxylation is 1. The summed E-state index contributed by atoms with van der Waals surface area (Å²) in [5.74, 6) is -0.114. The van der Waals surface area contributed by atoms with E-state index in [0.29, 0.717) is 17.3 Å². The first kappa shape index (κ1) is 17.6. The second kappa shape index (κ2) is 8.27. The molecule has 1 saturated heterocycles. The molecule has 132 valence electrons. The molecule has 0 saturated carbocycles. The SMILES string of the molecule is O=C(CCn1nc(-c2cccc(Cl)c2)ccc1=O)NC[C@H]1CCCO1. The van der Waals surface area contributed by atoms with E-state index in [0.717, 1.165) is 25.0 Å². The highest BCUT2D eigenvalue weighted by Gasteiger charge is 2.16. The molecule has 2 heterocycles. The van der Waals surface area contributed by atoms with Crippen LogP contribution in [0.3, 0.4) is 0 Å². The van der Waals surface area contributed by atoms with Gasteiger partial charge in [-0.05, 0) is 31.0 Å². The Hall–Kier alpha value is -2.18. The van der Waals surface area contributed by atoms with Crippen molar-refractivity contribution in [3.8, 4) is 11.3 Å². The fourth-order valence-corrected chi connectivity index (χ4v) is 2.93. The van der Waals surface area contributed by atoms with Gasteiger partial charge >= 0.3 is 0 Å². The fraction of sp³-hybridized carbons (Fsp3) is 0.389. The lowest BCUT2D eigenvalue weighted by atomic mass is 10.1. The molecule has 1 N–H and O–H groups in total. The van der Waals surface area contributed by atoms with Gasteiger partial charge in [-0.1, -0.05) is 23.7 Å². The lowest BCUT2D eigenvalue weighted by molar-refractivity contribution is -0.121. The van der Waals surface area contributed by atoms with Crippen LogP contribution < -0.4 is 10.9 Å². The van der Waals surface area contributed by atoms with E-state index in [2.05, 4.69) is 10.4 Å². The number of hydrogen-bond donors (Lipinski definition) is 1. The van der Waals surface area contributed by atoms with Gasteiger partial charge in [0.25, 0.3) is 5.56 Å². The third kappa shape index (κ3) is 4.90. The lowest BCUT2D eigenvalue weighted by Crippen LogP contribution is -2.33. The molecule has 3 rings (SSSR count). The predicted octanol–water partition coefficient (Wildman–Crippen LogP) is 2.25. The van der Waals surface area contributed by atoms with Crippen molar-refractivity contribution in [2.75, 3.05) is 13.2 Å². The molecular weight excluding hydrogens is 342 g/mol. The average molecular weight is 362 g/mol. The topological polar surface area (TPSA) is 73.2 Å². The first-order valence-electron chi connectivity index (χ1n) is 8.34. The summed E-state index contributed by atoms with van der Waals surface area (Å²) in [6.07, 6.45) is 2.31. The molecule has 2 aromatic rings. The summed E-state index contributed by atoms with van der Waals surface area (Å²) in [7, 11) is 0. The van der Waals surface area contributed by atoms with E-state index in [4.69, 9.17) is 16.3 Å². The van der Waals surface area contributed by atoms with Crippen LogP contribution in [0.25, 0.3) is 11.3 Å². The van der Waals surface area contributed by atoms with Crippen LogP contribution in [-0.4, -0.2) is 34.9 Å². The molecule has 7 heteroatoms.